The van der Waals surface area contributed by atoms with Gasteiger partial charge in [-0.1, -0.05) is 19.9 Å². The molecule has 6 nitrogen and oxygen atoms in total. The van der Waals surface area contributed by atoms with Crippen molar-refractivity contribution in [2.45, 2.75) is 46.6 Å². The van der Waals surface area contributed by atoms with Gasteiger partial charge in [0.05, 0.1) is 25.1 Å². The maximum absolute atomic E-state index is 13.0. The lowest BCUT2D eigenvalue weighted by Crippen LogP contribution is -2.29. The molecule has 0 saturated carbocycles. The van der Waals surface area contributed by atoms with Crippen molar-refractivity contribution in [3.8, 4) is 5.75 Å². The van der Waals surface area contributed by atoms with E-state index < -0.39 is 10.0 Å². The number of hydrogen-bond donors (Lipinski definition) is 1. The van der Waals surface area contributed by atoms with Crippen molar-refractivity contribution in [1.29, 1.82) is 0 Å². The molecule has 0 saturated heterocycles. The number of carbonyl (C=O) groups is 1. The first-order chi connectivity index (χ1) is 13.9. The fourth-order valence-corrected chi connectivity index (χ4v) is 4.11. The van der Waals surface area contributed by atoms with Crippen LogP contribution in [0.4, 0.5) is 5.69 Å². The van der Waals surface area contributed by atoms with E-state index in [1.807, 2.05) is 19.9 Å². The second kappa shape index (κ2) is 9.08. The summed E-state index contributed by atoms with van der Waals surface area (Å²) in [7, 11) is -0.279. The summed E-state index contributed by atoms with van der Waals surface area (Å²) in [6.07, 6.45) is 1.14. The molecular formula is C23H32N2O4S. The van der Waals surface area contributed by atoms with Crippen molar-refractivity contribution >= 4 is 21.6 Å². The van der Waals surface area contributed by atoms with Gasteiger partial charge < -0.3 is 10.1 Å². The molecule has 2 aromatic carbocycles. The van der Waals surface area contributed by atoms with Gasteiger partial charge in [0.15, 0.2) is 0 Å². The number of amides is 1. The van der Waals surface area contributed by atoms with Crippen molar-refractivity contribution in [3.63, 3.8) is 0 Å². The molecule has 0 heterocycles. The highest BCUT2D eigenvalue weighted by molar-refractivity contribution is 7.92. The van der Waals surface area contributed by atoms with E-state index in [4.69, 9.17) is 4.74 Å². The zero-order chi connectivity index (χ0) is 22.8. The molecule has 164 valence electrons. The summed E-state index contributed by atoms with van der Waals surface area (Å²) in [5.74, 6) is 0.884. The number of nitrogens with zero attached hydrogens (tertiary/aromatic N) is 1. The third kappa shape index (κ3) is 4.95. The summed E-state index contributed by atoms with van der Waals surface area (Å²) in [5, 5.41) is 3.05. The highest BCUT2D eigenvalue weighted by atomic mass is 32.2. The van der Waals surface area contributed by atoms with Gasteiger partial charge in [-0.25, -0.2) is 8.42 Å². The summed E-state index contributed by atoms with van der Waals surface area (Å²) < 4.78 is 30.5. The smallest absolute Gasteiger partial charge is 0.252 e. The molecule has 2 aromatic rings. The Kier molecular flexibility index (Phi) is 7.18. The number of carbonyl (C=O) groups excluding carboxylic acids is 1. The topological polar surface area (TPSA) is 75.7 Å². The Labute approximate surface area is 180 Å². The minimum Gasteiger partial charge on any atom is -0.496 e. The Morgan fingerprint density at radius 3 is 2.27 bits per heavy atom. The molecule has 1 amide bonds. The minimum atomic E-state index is -3.42. The highest BCUT2D eigenvalue weighted by Crippen LogP contribution is 2.32. The van der Waals surface area contributed by atoms with Crippen LogP contribution in [0, 0.1) is 13.8 Å². The Hall–Kier alpha value is -2.54. The fraction of sp³-hybridized carbons (Fsp3) is 0.435. The number of nitrogens with one attached hydrogen (secondary N) is 1. The van der Waals surface area contributed by atoms with Gasteiger partial charge in [0.2, 0.25) is 10.0 Å². The van der Waals surface area contributed by atoms with Gasteiger partial charge in [-0.05, 0) is 73.2 Å². The van der Waals surface area contributed by atoms with E-state index >= 15 is 0 Å². The third-order valence-electron chi connectivity index (χ3n) is 5.44. The largest absolute Gasteiger partial charge is 0.496 e. The van der Waals surface area contributed by atoms with Crippen LogP contribution in [-0.4, -0.2) is 34.7 Å². The quantitative estimate of drug-likeness (QED) is 0.707. The van der Waals surface area contributed by atoms with Crippen molar-refractivity contribution in [1.82, 2.24) is 5.32 Å². The average molecular weight is 433 g/mol. The van der Waals surface area contributed by atoms with Crippen LogP contribution in [0.1, 0.15) is 65.3 Å². The molecule has 7 heteroatoms. The van der Waals surface area contributed by atoms with E-state index in [1.165, 1.54) is 11.4 Å². The van der Waals surface area contributed by atoms with E-state index in [9.17, 15) is 13.2 Å². The van der Waals surface area contributed by atoms with Gasteiger partial charge in [-0.3, -0.25) is 9.10 Å². The molecule has 1 N–H and O–H groups in total. The fourth-order valence-electron chi connectivity index (χ4n) is 3.55. The van der Waals surface area contributed by atoms with E-state index in [0.29, 0.717) is 16.8 Å². The highest BCUT2D eigenvalue weighted by Gasteiger charge is 2.21. The lowest BCUT2D eigenvalue weighted by Gasteiger charge is -2.23. The Bertz CT molecular complexity index is 1050. The molecule has 2 rings (SSSR count). The Balaban J connectivity index is 2.36. The van der Waals surface area contributed by atoms with Crippen LogP contribution in [-0.2, 0) is 10.0 Å². The molecule has 0 aromatic heterocycles. The SMILES string of the molecule is COc1cc(C)c([C@H](C)NC(=O)c2cccc(N(C)S(C)(=O)=O)c2C)cc1C(C)C. The lowest BCUT2D eigenvalue weighted by molar-refractivity contribution is 0.0939. The Morgan fingerprint density at radius 2 is 1.73 bits per heavy atom. The summed E-state index contributed by atoms with van der Waals surface area (Å²) in [6.45, 7) is 9.91. The molecule has 30 heavy (non-hydrogen) atoms. The van der Waals surface area contributed by atoms with Crippen LogP contribution in [0.3, 0.4) is 0 Å². The third-order valence-corrected chi connectivity index (χ3v) is 6.63. The van der Waals surface area contributed by atoms with E-state index in [1.54, 1.807) is 32.2 Å². The van der Waals surface area contributed by atoms with Gasteiger partial charge in [0.1, 0.15) is 5.75 Å². The van der Waals surface area contributed by atoms with Crippen LogP contribution in [0.5, 0.6) is 5.75 Å². The second-order valence-electron chi connectivity index (χ2n) is 7.98. The second-order valence-corrected chi connectivity index (χ2v) is 9.99. The number of hydrogen-bond acceptors (Lipinski definition) is 4. The molecule has 0 aliphatic rings. The van der Waals surface area contributed by atoms with Crippen LogP contribution in [0.15, 0.2) is 30.3 Å². The normalized spacial score (nSPS) is 12.6. The number of rotatable bonds is 7. The summed E-state index contributed by atoms with van der Waals surface area (Å²) in [4.78, 5) is 13.0. The first kappa shape index (κ1) is 23.7. The molecule has 0 bridgehead atoms. The molecule has 0 unspecified atom stereocenters. The van der Waals surface area contributed by atoms with E-state index in [0.717, 1.165) is 28.7 Å². The summed E-state index contributed by atoms with van der Waals surface area (Å²) in [6, 6.07) is 8.96. The summed E-state index contributed by atoms with van der Waals surface area (Å²) >= 11 is 0. The molecule has 0 fully saturated rings. The maximum Gasteiger partial charge on any atom is 0.252 e. The van der Waals surface area contributed by atoms with Crippen LogP contribution >= 0.6 is 0 Å². The molecule has 0 spiro atoms. The summed E-state index contributed by atoms with van der Waals surface area (Å²) in [5.41, 5.74) is 4.70. The first-order valence-corrected chi connectivity index (χ1v) is 11.8. The van der Waals surface area contributed by atoms with Gasteiger partial charge in [-0.15, -0.1) is 0 Å². The zero-order valence-electron chi connectivity index (χ0n) is 19.0. The zero-order valence-corrected chi connectivity index (χ0v) is 19.8. The molecule has 0 aliphatic carbocycles. The average Bonchev–Trinajstić information content (AvgIpc) is 2.66. The molecular weight excluding hydrogens is 400 g/mol. The van der Waals surface area contributed by atoms with E-state index in [-0.39, 0.29) is 17.9 Å². The number of aryl methyl sites for hydroxylation is 1. The predicted octanol–water partition coefficient (Wildman–Crippen LogP) is 4.32. The number of ether oxygens (including phenoxy) is 1. The Morgan fingerprint density at radius 1 is 1.10 bits per heavy atom. The molecule has 0 radical (unpaired) electrons. The molecule has 0 aliphatic heterocycles. The van der Waals surface area contributed by atoms with E-state index in [2.05, 4.69) is 25.2 Å². The van der Waals surface area contributed by atoms with Gasteiger partial charge in [0.25, 0.3) is 5.91 Å². The lowest BCUT2D eigenvalue weighted by atomic mass is 9.93. The number of benzene rings is 2. The number of anilines is 1. The van der Waals surface area contributed by atoms with Crippen LogP contribution in [0.25, 0.3) is 0 Å². The van der Waals surface area contributed by atoms with Crippen molar-refractivity contribution in [3.05, 3.63) is 58.1 Å². The van der Waals surface area contributed by atoms with Gasteiger partial charge >= 0.3 is 0 Å². The van der Waals surface area contributed by atoms with Gasteiger partial charge in [0, 0.05) is 12.6 Å². The maximum atomic E-state index is 13.0. The van der Waals surface area contributed by atoms with Crippen molar-refractivity contribution < 1.29 is 17.9 Å². The number of methoxy groups -OCH3 is 1. The van der Waals surface area contributed by atoms with Crippen molar-refractivity contribution in [2.75, 3.05) is 24.7 Å². The number of sulfonamides is 1. The first-order valence-electron chi connectivity index (χ1n) is 9.91. The minimum absolute atomic E-state index is 0.225. The standard InChI is InChI=1S/C23H32N2O4S/c1-14(2)19-13-20(15(3)12-22(19)29-7)17(5)24-23(26)18-10-9-11-21(16(18)4)25(6)30(8,27)28/h9-14,17H,1-8H3,(H,24,26)/t17-/m0/s1. The van der Waals surface area contributed by atoms with Gasteiger partial charge in [-0.2, -0.15) is 0 Å². The monoisotopic (exact) mass is 432 g/mol. The predicted molar refractivity (Wildman–Crippen MR) is 122 cm³/mol. The van der Waals surface area contributed by atoms with Crippen LogP contribution < -0.4 is 14.4 Å². The molecule has 1 atom stereocenters. The van der Waals surface area contributed by atoms with Crippen molar-refractivity contribution in [2.24, 2.45) is 0 Å². The van der Waals surface area contributed by atoms with Crippen LogP contribution in [0.2, 0.25) is 0 Å².